The van der Waals surface area contributed by atoms with Crippen LogP contribution >= 0.6 is 24.0 Å². The van der Waals surface area contributed by atoms with E-state index in [2.05, 4.69) is 0 Å². The Kier molecular flexibility index (Phi) is 6.03. The highest BCUT2D eigenvalue weighted by Gasteiger charge is 2.32. The predicted molar refractivity (Wildman–Crippen MR) is 111 cm³/mol. The van der Waals surface area contributed by atoms with Gasteiger partial charge in [0.15, 0.2) is 11.5 Å². The lowest BCUT2D eigenvalue weighted by atomic mass is 10.1. The van der Waals surface area contributed by atoms with Crippen LogP contribution in [0.15, 0.2) is 47.4 Å². The summed E-state index contributed by atoms with van der Waals surface area (Å²) in [6.07, 6.45) is 1.79. The third kappa shape index (κ3) is 4.09. The molecule has 0 atom stereocenters. The summed E-state index contributed by atoms with van der Waals surface area (Å²) >= 11 is 6.69. The van der Waals surface area contributed by atoms with Crippen LogP contribution in [-0.2, 0) is 11.3 Å². The van der Waals surface area contributed by atoms with Gasteiger partial charge in [-0.15, -0.1) is 0 Å². The van der Waals surface area contributed by atoms with Crippen LogP contribution in [0, 0.1) is 0 Å². The maximum atomic E-state index is 12.8. The second-order valence-corrected chi connectivity index (χ2v) is 7.39. The second-order valence-electron chi connectivity index (χ2n) is 5.71. The Morgan fingerprint density at radius 1 is 1.04 bits per heavy atom. The van der Waals surface area contributed by atoms with Crippen LogP contribution in [0.1, 0.15) is 11.1 Å². The lowest BCUT2D eigenvalue weighted by Gasteiger charge is -2.14. The molecule has 1 amide bonds. The van der Waals surface area contributed by atoms with Crippen molar-refractivity contribution < 1.29 is 19.0 Å². The standard InChI is InChI=1S/C20H19NO4S2/c1-23-15-9-14(10-16(24-2)18(15)25-3)11-17-19(22)21(20(26)27-17)12-13-7-5-4-6-8-13/h4-11H,12H2,1-3H3/b17-11-. The molecule has 27 heavy (non-hydrogen) atoms. The third-order valence-electron chi connectivity index (χ3n) is 4.04. The summed E-state index contributed by atoms with van der Waals surface area (Å²) in [6.45, 7) is 0.456. The Hall–Kier alpha value is -2.51. The van der Waals surface area contributed by atoms with Crippen molar-refractivity contribution in [2.75, 3.05) is 21.3 Å². The van der Waals surface area contributed by atoms with Crippen molar-refractivity contribution in [2.45, 2.75) is 6.54 Å². The van der Waals surface area contributed by atoms with E-state index in [1.54, 1.807) is 44.4 Å². The number of thioether (sulfide) groups is 1. The minimum atomic E-state index is -0.109. The maximum absolute atomic E-state index is 12.8. The van der Waals surface area contributed by atoms with Gasteiger partial charge in [-0.1, -0.05) is 54.3 Å². The van der Waals surface area contributed by atoms with Crippen LogP contribution in [0.25, 0.3) is 6.08 Å². The minimum Gasteiger partial charge on any atom is -0.493 e. The molecule has 1 saturated heterocycles. The summed E-state index contributed by atoms with van der Waals surface area (Å²) in [4.78, 5) is 15.0. The summed E-state index contributed by atoms with van der Waals surface area (Å²) in [7, 11) is 4.66. The second kappa shape index (κ2) is 8.45. The van der Waals surface area contributed by atoms with Crippen molar-refractivity contribution in [2.24, 2.45) is 0 Å². The molecule has 2 aromatic rings. The maximum Gasteiger partial charge on any atom is 0.266 e. The number of benzene rings is 2. The molecule has 140 valence electrons. The number of hydrogen-bond acceptors (Lipinski definition) is 6. The molecule has 0 spiro atoms. The van der Waals surface area contributed by atoms with Gasteiger partial charge in [-0.2, -0.15) is 0 Å². The zero-order valence-corrected chi connectivity index (χ0v) is 16.9. The number of hydrogen-bond donors (Lipinski definition) is 0. The fraction of sp³-hybridized carbons (Fsp3) is 0.200. The molecule has 0 unspecified atom stereocenters. The molecule has 1 aliphatic heterocycles. The van der Waals surface area contributed by atoms with Gasteiger partial charge >= 0.3 is 0 Å². The number of carbonyl (C=O) groups excluding carboxylic acids is 1. The highest BCUT2D eigenvalue weighted by molar-refractivity contribution is 8.26. The molecule has 0 aliphatic carbocycles. The van der Waals surface area contributed by atoms with E-state index in [0.29, 0.717) is 33.0 Å². The van der Waals surface area contributed by atoms with E-state index in [0.717, 1.165) is 11.1 Å². The molecule has 1 heterocycles. The fourth-order valence-electron chi connectivity index (χ4n) is 2.74. The number of carbonyl (C=O) groups is 1. The average Bonchev–Trinajstić information content (AvgIpc) is 2.95. The van der Waals surface area contributed by atoms with E-state index in [1.807, 2.05) is 30.3 Å². The molecule has 0 aromatic heterocycles. The molecular weight excluding hydrogens is 382 g/mol. The molecule has 3 rings (SSSR count). The third-order valence-corrected chi connectivity index (χ3v) is 5.42. The van der Waals surface area contributed by atoms with E-state index in [9.17, 15) is 4.79 Å². The molecular formula is C20H19NO4S2. The molecule has 0 radical (unpaired) electrons. The van der Waals surface area contributed by atoms with Crippen LogP contribution in [0.3, 0.4) is 0 Å². The van der Waals surface area contributed by atoms with Gasteiger partial charge in [0.1, 0.15) is 4.32 Å². The van der Waals surface area contributed by atoms with E-state index >= 15 is 0 Å². The first-order chi connectivity index (χ1) is 13.1. The summed E-state index contributed by atoms with van der Waals surface area (Å²) < 4.78 is 16.6. The lowest BCUT2D eigenvalue weighted by molar-refractivity contribution is -0.122. The molecule has 1 fully saturated rings. The fourth-order valence-corrected chi connectivity index (χ4v) is 3.99. The van der Waals surface area contributed by atoms with Gasteiger partial charge in [0, 0.05) is 0 Å². The molecule has 5 nitrogen and oxygen atoms in total. The molecule has 0 N–H and O–H groups in total. The van der Waals surface area contributed by atoms with Gasteiger partial charge in [-0.05, 0) is 29.3 Å². The van der Waals surface area contributed by atoms with Crippen LogP contribution in [-0.4, -0.2) is 36.5 Å². The van der Waals surface area contributed by atoms with Gasteiger partial charge < -0.3 is 14.2 Å². The van der Waals surface area contributed by atoms with Crippen LogP contribution in [0.4, 0.5) is 0 Å². The Balaban J connectivity index is 1.89. The Morgan fingerprint density at radius 3 is 2.22 bits per heavy atom. The van der Waals surface area contributed by atoms with Crippen molar-refractivity contribution in [3.05, 3.63) is 58.5 Å². The molecule has 7 heteroatoms. The first-order valence-electron chi connectivity index (χ1n) is 8.16. The van der Waals surface area contributed by atoms with Gasteiger partial charge in [0.25, 0.3) is 5.91 Å². The van der Waals surface area contributed by atoms with Crippen molar-refractivity contribution >= 4 is 40.3 Å². The van der Waals surface area contributed by atoms with E-state index in [1.165, 1.54) is 11.8 Å². The number of methoxy groups -OCH3 is 3. The Morgan fingerprint density at radius 2 is 1.67 bits per heavy atom. The normalized spacial score (nSPS) is 15.4. The Labute approximate surface area is 167 Å². The van der Waals surface area contributed by atoms with Crippen LogP contribution in [0.2, 0.25) is 0 Å². The highest BCUT2D eigenvalue weighted by atomic mass is 32.2. The predicted octanol–water partition coefficient (Wildman–Crippen LogP) is 4.11. The average molecular weight is 402 g/mol. The largest absolute Gasteiger partial charge is 0.493 e. The van der Waals surface area contributed by atoms with Crippen molar-refractivity contribution in [3.63, 3.8) is 0 Å². The number of nitrogens with zero attached hydrogens (tertiary/aromatic N) is 1. The first kappa shape index (κ1) is 19.3. The van der Waals surface area contributed by atoms with Gasteiger partial charge in [-0.3, -0.25) is 9.69 Å². The number of thiocarbonyl (C=S) groups is 1. The quantitative estimate of drug-likeness (QED) is 0.536. The van der Waals surface area contributed by atoms with Crippen LogP contribution < -0.4 is 14.2 Å². The summed E-state index contributed by atoms with van der Waals surface area (Å²) in [5.41, 5.74) is 1.80. The molecule has 1 aliphatic rings. The van der Waals surface area contributed by atoms with Gasteiger partial charge in [0.2, 0.25) is 5.75 Å². The lowest BCUT2D eigenvalue weighted by Crippen LogP contribution is -2.27. The highest BCUT2D eigenvalue weighted by Crippen LogP contribution is 2.40. The molecule has 2 aromatic carbocycles. The summed E-state index contributed by atoms with van der Waals surface area (Å²) in [5.74, 6) is 1.46. The molecule has 0 saturated carbocycles. The number of amides is 1. The monoisotopic (exact) mass is 401 g/mol. The summed E-state index contributed by atoms with van der Waals surface area (Å²) in [6, 6.07) is 13.4. The van der Waals surface area contributed by atoms with Crippen LogP contribution in [0.5, 0.6) is 17.2 Å². The van der Waals surface area contributed by atoms with E-state index in [4.69, 9.17) is 26.4 Å². The number of ether oxygens (including phenoxy) is 3. The van der Waals surface area contributed by atoms with Crippen molar-refractivity contribution in [1.29, 1.82) is 0 Å². The van der Waals surface area contributed by atoms with Crippen molar-refractivity contribution in [1.82, 2.24) is 4.90 Å². The minimum absolute atomic E-state index is 0.109. The number of rotatable bonds is 6. The summed E-state index contributed by atoms with van der Waals surface area (Å²) in [5, 5.41) is 0. The van der Waals surface area contributed by atoms with E-state index < -0.39 is 0 Å². The van der Waals surface area contributed by atoms with Gasteiger partial charge in [-0.25, -0.2) is 0 Å². The zero-order chi connectivity index (χ0) is 19.4. The molecule has 0 bridgehead atoms. The first-order valence-corrected chi connectivity index (χ1v) is 9.39. The van der Waals surface area contributed by atoms with Crippen molar-refractivity contribution in [3.8, 4) is 17.2 Å². The Bertz CT molecular complexity index is 871. The van der Waals surface area contributed by atoms with E-state index in [-0.39, 0.29) is 5.91 Å². The zero-order valence-electron chi connectivity index (χ0n) is 15.2. The van der Waals surface area contributed by atoms with Gasteiger partial charge in [0.05, 0.1) is 32.8 Å². The topological polar surface area (TPSA) is 48.0 Å². The smallest absolute Gasteiger partial charge is 0.266 e. The SMILES string of the molecule is COc1cc(/C=C2\SC(=S)N(Cc3ccccc3)C2=O)cc(OC)c1OC.